The molecule has 0 radical (unpaired) electrons. The third kappa shape index (κ3) is 6.49. The van der Waals surface area contributed by atoms with Crippen molar-refractivity contribution in [1.82, 2.24) is 15.8 Å². The molecule has 2 aromatic carbocycles. The summed E-state index contributed by atoms with van der Waals surface area (Å²) in [5, 5.41) is 10.7. The van der Waals surface area contributed by atoms with Gasteiger partial charge in [-0.1, -0.05) is 53.2 Å². The highest BCUT2D eigenvalue weighted by molar-refractivity contribution is 14.0. The molecule has 1 aromatic heterocycles. The monoisotopic (exact) mass is 506 g/mol. The molecule has 2 N–H and O–H groups in total. The minimum atomic E-state index is 0. The molecule has 1 heterocycles. The van der Waals surface area contributed by atoms with E-state index < -0.39 is 0 Å². The molecule has 154 valence electrons. The van der Waals surface area contributed by atoms with Crippen molar-refractivity contribution in [3.8, 4) is 17.1 Å². The molecular formula is C22H27IN4O2. The highest BCUT2D eigenvalue weighted by atomic mass is 127. The van der Waals surface area contributed by atoms with Gasteiger partial charge in [-0.2, -0.15) is 0 Å². The normalized spacial score (nSPS) is 10.9. The van der Waals surface area contributed by atoms with Gasteiger partial charge in [0.2, 0.25) is 0 Å². The Morgan fingerprint density at radius 3 is 2.62 bits per heavy atom. The average molecular weight is 506 g/mol. The summed E-state index contributed by atoms with van der Waals surface area (Å²) < 4.78 is 10.9. The van der Waals surface area contributed by atoms with Crippen LogP contribution in [0.1, 0.15) is 16.8 Å². The van der Waals surface area contributed by atoms with Gasteiger partial charge in [0.05, 0.1) is 13.7 Å². The van der Waals surface area contributed by atoms with Crippen LogP contribution in [0.3, 0.4) is 0 Å². The zero-order valence-electron chi connectivity index (χ0n) is 16.9. The summed E-state index contributed by atoms with van der Waals surface area (Å²) in [5.41, 5.74) is 4.23. The number of ether oxygens (including phenoxy) is 1. The van der Waals surface area contributed by atoms with Crippen LogP contribution in [0.25, 0.3) is 11.3 Å². The molecule has 0 fully saturated rings. The zero-order valence-corrected chi connectivity index (χ0v) is 19.3. The molecule has 0 saturated carbocycles. The van der Waals surface area contributed by atoms with Crippen LogP contribution in [0.2, 0.25) is 0 Å². The fourth-order valence-corrected chi connectivity index (χ4v) is 2.95. The standard InChI is InChI=1S/C22H26N4O2.HI/c1-16-9-10-20(27-3)18(13-16)11-12-24-22(23-2)25-15-19-14-21(28-26-19)17-7-5-4-6-8-17;/h4-10,13-14H,11-12,15H2,1-3H3,(H2,23,24,25);1H. The largest absolute Gasteiger partial charge is 0.496 e. The van der Waals surface area contributed by atoms with Crippen LogP contribution in [0.5, 0.6) is 5.75 Å². The molecule has 0 aliphatic rings. The number of nitrogens with one attached hydrogen (secondary N) is 2. The summed E-state index contributed by atoms with van der Waals surface area (Å²) in [7, 11) is 3.45. The van der Waals surface area contributed by atoms with Crippen molar-refractivity contribution in [3.05, 3.63) is 71.4 Å². The van der Waals surface area contributed by atoms with Crippen molar-refractivity contribution in [1.29, 1.82) is 0 Å². The van der Waals surface area contributed by atoms with Gasteiger partial charge in [0.1, 0.15) is 11.4 Å². The van der Waals surface area contributed by atoms with Crippen LogP contribution in [-0.2, 0) is 13.0 Å². The Kier molecular flexibility index (Phi) is 8.98. The lowest BCUT2D eigenvalue weighted by atomic mass is 10.1. The summed E-state index contributed by atoms with van der Waals surface area (Å²) in [6, 6.07) is 18.1. The van der Waals surface area contributed by atoms with Gasteiger partial charge in [0.15, 0.2) is 11.7 Å². The zero-order chi connectivity index (χ0) is 19.8. The van der Waals surface area contributed by atoms with Crippen molar-refractivity contribution in [2.75, 3.05) is 20.7 Å². The Morgan fingerprint density at radius 2 is 1.90 bits per heavy atom. The van der Waals surface area contributed by atoms with E-state index in [0.29, 0.717) is 6.54 Å². The number of hydrogen-bond acceptors (Lipinski definition) is 4. The molecule has 0 bridgehead atoms. The van der Waals surface area contributed by atoms with Gasteiger partial charge in [-0.05, 0) is 25.0 Å². The molecule has 0 aliphatic heterocycles. The Labute approximate surface area is 188 Å². The third-order valence-corrected chi connectivity index (χ3v) is 4.40. The Hall–Kier alpha value is -2.55. The second-order valence-electron chi connectivity index (χ2n) is 6.47. The summed E-state index contributed by atoms with van der Waals surface area (Å²) in [4.78, 5) is 4.26. The quantitative estimate of drug-likeness (QED) is 0.286. The van der Waals surface area contributed by atoms with E-state index in [1.807, 2.05) is 42.5 Å². The Morgan fingerprint density at radius 1 is 1.10 bits per heavy atom. The summed E-state index contributed by atoms with van der Waals surface area (Å²) >= 11 is 0. The highest BCUT2D eigenvalue weighted by Gasteiger charge is 2.08. The third-order valence-electron chi connectivity index (χ3n) is 4.40. The minimum absolute atomic E-state index is 0. The molecule has 0 spiro atoms. The second kappa shape index (κ2) is 11.5. The molecule has 6 nitrogen and oxygen atoms in total. The SMILES string of the molecule is CN=C(NCCc1cc(C)ccc1OC)NCc1cc(-c2ccccc2)on1.I. The Balaban J connectivity index is 0.00000300. The smallest absolute Gasteiger partial charge is 0.191 e. The number of aliphatic imine (C=N–C) groups is 1. The average Bonchev–Trinajstić information content (AvgIpc) is 3.20. The van der Waals surface area contributed by atoms with Gasteiger partial charge in [0, 0.05) is 25.2 Å². The maximum Gasteiger partial charge on any atom is 0.191 e. The maximum atomic E-state index is 5.44. The molecule has 3 rings (SSSR count). The van der Waals surface area contributed by atoms with Crippen molar-refractivity contribution >= 4 is 29.9 Å². The van der Waals surface area contributed by atoms with Crippen molar-refractivity contribution in [2.45, 2.75) is 19.9 Å². The summed E-state index contributed by atoms with van der Waals surface area (Å²) in [6.45, 7) is 3.36. The molecule has 0 atom stereocenters. The number of guanidine groups is 1. The van der Waals surface area contributed by atoms with E-state index >= 15 is 0 Å². The topological polar surface area (TPSA) is 71.7 Å². The first-order valence-corrected chi connectivity index (χ1v) is 9.28. The van der Waals surface area contributed by atoms with Crippen molar-refractivity contribution < 1.29 is 9.26 Å². The summed E-state index contributed by atoms with van der Waals surface area (Å²) in [6.07, 6.45) is 0.841. The number of aryl methyl sites for hydroxylation is 1. The lowest BCUT2D eigenvalue weighted by Gasteiger charge is -2.13. The maximum absolute atomic E-state index is 5.44. The van der Waals surface area contributed by atoms with Crippen LogP contribution >= 0.6 is 24.0 Å². The van der Waals surface area contributed by atoms with Crippen LogP contribution in [-0.4, -0.2) is 31.8 Å². The number of aromatic nitrogens is 1. The van der Waals surface area contributed by atoms with Crippen LogP contribution < -0.4 is 15.4 Å². The first-order chi connectivity index (χ1) is 13.7. The van der Waals surface area contributed by atoms with E-state index in [9.17, 15) is 0 Å². The van der Waals surface area contributed by atoms with E-state index in [0.717, 1.165) is 41.7 Å². The van der Waals surface area contributed by atoms with E-state index in [1.165, 1.54) is 11.1 Å². The van der Waals surface area contributed by atoms with Crippen molar-refractivity contribution in [3.63, 3.8) is 0 Å². The minimum Gasteiger partial charge on any atom is -0.496 e. The van der Waals surface area contributed by atoms with Gasteiger partial charge in [-0.15, -0.1) is 24.0 Å². The number of rotatable bonds is 7. The molecule has 7 heteroatoms. The molecular weight excluding hydrogens is 479 g/mol. The molecule has 3 aromatic rings. The van der Waals surface area contributed by atoms with E-state index in [1.54, 1.807) is 14.2 Å². The van der Waals surface area contributed by atoms with Gasteiger partial charge >= 0.3 is 0 Å². The van der Waals surface area contributed by atoms with Gasteiger partial charge in [0.25, 0.3) is 0 Å². The van der Waals surface area contributed by atoms with Gasteiger partial charge < -0.3 is 19.9 Å². The van der Waals surface area contributed by atoms with Crippen LogP contribution in [0.4, 0.5) is 0 Å². The number of benzene rings is 2. The lowest BCUT2D eigenvalue weighted by Crippen LogP contribution is -2.37. The lowest BCUT2D eigenvalue weighted by molar-refractivity contribution is 0.409. The number of nitrogens with zero attached hydrogens (tertiary/aromatic N) is 2. The predicted molar refractivity (Wildman–Crippen MR) is 127 cm³/mol. The molecule has 0 unspecified atom stereocenters. The fraction of sp³-hybridized carbons (Fsp3) is 0.273. The predicted octanol–water partition coefficient (Wildman–Crippen LogP) is 4.18. The molecule has 0 amide bonds. The molecule has 0 saturated heterocycles. The Bertz CT molecular complexity index is 926. The van der Waals surface area contributed by atoms with Crippen LogP contribution in [0, 0.1) is 6.92 Å². The van der Waals surface area contributed by atoms with E-state index in [2.05, 4.69) is 39.8 Å². The molecule has 0 aliphatic carbocycles. The first-order valence-electron chi connectivity index (χ1n) is 9.28. The van der Waals surface area contributed by atoms with E-state index in [4.69, 9.17) is 9.26 Å². The second-order valence-corrected chi connectivity index (χ2v) is 6.47. The van der Waals surface area contributed by atoms with Gasteiger partial charge in [-0.3, -0.25) is 4.99 Å². The summed E-state index contributed by atoms with van der Waals surface area (Å²) in [5.74, 6) is 2.38. The van der Waals surface area contributed by atoms with Crippen molar-refractivity contribution in [2.24, 2.45) is 4.99 Å². The van der Waals surface area contributed by atoms with Gasteiger partial charge in [-0.25, -0.2) is 0 Å². The highest BCUT2D eigenvalue weighted by Crippen LogP contribution is 2.20. The number of methoxy groups -OCH3 is 1. The number of hydrogen-bond donors (Lipinski definition) is 2. The first kappa shape index (κ1) is 22.7. The van der Waals surface area contributed by atoms with Crippen LogP contribution in [0.15, 0.2) is 64.1 Å². The van der Waals surface area contributed by atoms with E-state index in [-0.39, 0.29) is 24.0 Å². The molecule has 29 heavy (non-hydrogen) atoms. The fourth-order valence-electron chi connectivity index (χ4n) is 2.95. The number of halogens is 1.